The number of amides is 2. The van der Waals surface area contributed by atoms with Crippen LogP contribution in [0.1, 0.15) is 51.9 Å². The SMILES string of the molecule is CC(C(=O)N(C)C1CCCCC1)N(C)CC(=O)NC1CC1. The molecular formula is C16H29N3O2. The first-order valence-electron chi connectivity index (χ1n) is 8.25. The number of hydrogen-bond acceptors (Lipinski definition) is 3. The quantitative estimate of drug-likeness (QED) is 0.805. The second-order valence-corrected chi connectivity index (χ2v) is 6.67. The third-order valence-corrected chi connectivity index (χ3v) is 4.82. The lowest BCUT2D eigenvalue weighted by Crippen LogP contribution is -2.50. The Hall–Kier alpha value is -1.10. The summed E-state index contributed by atoms with van der Waals surface area (Å²) in [6, 6.07) is 0.506. The van der Waals surface area contributed by atoms with E-state index in [0.29, 0.717) is 18.6 Å². The van der Waals surface area contributed by atoms with Crippen LogP contribution in [0.25, 0.3) is 0 Å². The van der Waals surface area contributed by atoms with Crippen LogP contribution in [-0.2, 0) is 9.59 Å². The van der Waals surface area contributed by atoms with Crippen LogP contribution in [0.15, 0.2) is 0 Å². The van der Waals surface area contributed by atoms with Crippen LogP contribution < -0.4 is 5.32 Å². The topological polar surface area (TPSA) is 52.7 Å². The van der Waals surface area contributed by atoms with Crippen LogP contribution in [0, 0.1) is 0 Å². The standard InChI is InChI=1S/C16H29N3O2/c1-12(18(2)11-15(20)17-13-9-10-13)16(21)19(3)14-7-5-4-6-8-14/h12-14H,4-11H2,1-3H3,(H,17,20). The molecular weight excluding hydrogens is 266 g/mol. The maximum atomic E-state index is 12.6. The van der Waals surface area contributed by atoms with Crippen molar-refractivity contribution in [2.45, 2.75) is 70.0 Å². The van der Waals surface area contributed by atoms with Gasteiger partial charge in [0.25, 0.3) is 0 Å². The van der Waals surface area contributed by atoms with E-state index >= 15 is 0 Å². The lowest BCUT2D eigenvalue weighted by molar-refractivity contribution is -0.138. The third kappa shape index (κ3) is 4.70. The summed E-state index contributed by atoms with van der Waals surface area (Å²) in [5.41, 5.74) is 0. The van der Waals surface area contributed by atoms with Crippen molar-refractivity contribution in [1.82, 2.24) is 15.1 Å². The molecule has 2 aliphatic carbocycles. The van der Waals surface area contributed by atoms with Gasteiger partial charge in [-0.1, -0.05) is 19.3 Å². The second kappa shape index (κ2) is 7.25. The number of nitrogens with zero attached hydrogens (tertiary/aromatic N) is 2. The predicted octanol–water partition coefficient (Wildman–Crippen LogP) is 1.38. The van der Waals surface area contributed by atoms with Crippen molar-refractivity contribution in [2.24, 2.45) is 0 Å². The molecule has 1 N–H and O–H groups in total. The molecule has 5 nitrogen and oxygen atoms in total. The largest absolute Gasteiger partial charge is 0.352 e. The second-order valence-electron chi connectivity index (χ2n) is 6.67. The van der Waals surface area contributed by atoms with Gasteiger partial charge in [0, 0.05) is 19.1 Å². The van der Waals surface area contributed by atoms with E-state index in [1.54, 1.807) is 0 Å². The lowest BCUT2D eigenvalue weighted by Gasteiger charge is -2.35. The molecule has 1 atom stereocenters. The third-order valence-electron chi connectivity index (χ3n) is 4.82. The molecule has 0 aromatic carbocycles. The molecule has 21 heavy (non-hydrogen) atoms. The Bertz CT molecular complexity index is 376. The van der Waals surface area contributed by atoms with E-state index in [9.17, 15) is 9.59 Å². The number of rotatable bonds is 6. The molecule has 5 heteroatoms. The fourth-order valence-corrected chi connectivity index (χ4v) is 3.00. The number of carbonyl (C=O) groups excluding carboxylic acids is 2. The summed E-state index contributed by atoms with van der Waals surface area (Å²) >= 11 is 0. The first-order chi connectivity index (χ1) is 9.99. The molecule has 0 aliphatic heterocycles. The Morgan fingerprint density at radius 2 is 1.71 bits per heavy atom. The van der Waals surface area contributed by atoms with Gasteiger partial charge in [-0.05, 0) is 39.7 Å². The highest BCUT2D eigenvalue weighted by atomic mass is 16.2. The van der Waals surface area contributed by atoms with Crippen molar-refractivity contribution in [2.75, 3.05) is 20.6 Å². The van der Waals surface area contributed by atoms with Gasteiger partial charge in [0.15, 0.2) is 0 Å². The fraction of sp³-hybridized carbons (Fsp3) is 0.875. The van der Waals surface area contributed by atoms with Gasteiger partial charge in [-0.2, -0.15) is 0 Å². The molecule has 2 rings (SSSR count). The van der Waals surface area contributed by atoms with Crippen LogP contribution in [0.3, 0.4) is 0 Å². The predicted molar refractivity (Wildman–Crippen MR) is 82.9 cm³/mol. The molecule has 2 fully saturated rings. The molecule has 0 bridgehead atoms. The first-order valence-corrected chi connectivity index (χ1v) is 8.25. The van der Waals surface area contributed by atoms with Crippen LogP contribution >= 0.6 is 0 Å². The van der Waals surface area contributed by atoms with Crippen LogP contribution in [0.2, 0.25) is 0 Å². The highest BCUT2D eigenvalue weighted by Crippen LogP contribution is 2.22. The number of nitrogens with one attached hydrogen (secondary N) is 1. The van der Waals surface area contributed by atoms with Gasteiger partial charge in [-0.25, -0.2) is 0 Å². The van der Waals surface area contributed by atoms with E-state index in [0.717, 1.165) is 25.7 Å². The molecule has 0 saturated heterocycles. The van der Waals surface area contributed by atoms with Crippen molar-refractivity contribution >= 4 is 11.8 Å². The number of carbonyl (C=O) groups is 2. The molecule has 0 aromatic rings. The van der Waals surface area contributed by atoms with Crippen LogP contribution in [-0.4, -0.2) is 60.4 Å². The van der Waals surface area contributed by atoms with Gasteiger partial charge in [-0.3, -0.25) is 14.5 Å². The molecule has 0 aromatic heterocycles. The van der Waals surface area contributed by atoms with Crippen molar-refractivity contribution in [3.63, 3.8) is 0 Å². The maximum absolute atomic E-state index is 12.6. The Balaban J connectivity index is 1.80. The summed E-state index contributed by atoms with van der Waals surface area (Å²) in [5.74, 6) is 0.156. The van der Waals surface area contributed by atoms with Crippen molar-refractivity contribution in [3.8, 4) is 0 Å². The molecule has 2 amide bonds. The summed E-state index contributed by atoms with van der Waals surface area (Å²) in [6.45, 7) is 2.19. The highest BCUT2D eigenvalue weighted by Gasteiger charge is 2.29. The van der Waals surface area contributed by atoms with Gasteiger partial charge in [0.1, 0.15) is 0 Å². The molecule has 2 saturated carbocycles. The number of hydrogen-bond donors (Lipinski definition) is 1. The van der Waals surface area contributed by atoms with Crippen LogP contribution in [0.4, 0.5) is 0 Å². The summed E-state index contributed by atoms with van der Waals surface area (Å²) < 4.78 is 0. The Morgan fingerprint density at radius 3 is 2.29 bits per heavy atom. The van der Waals surface area contributed by atoms with E-state index in [1.807, 2.05) is 30.8 Å². The van der Waals surface area contributed by atoms with Crippen molar-refractivity contribution in [3.05, 3.63) is 0 Å². The van der Waals surface area contributed by atoms with E-state index in [4.69, 9.17) is 0 Å². The smallest absolute Gasteiger partial charge is 0.239 e. The fourth-order valence-electron chi connectivity index (χ4n) is 3.00. The molecule has 0 spiro atoms. The van der Waals surface area contributed by atoms with Gasteiger partial charge >= 0.3 is 0 Å². The van der Waals surface area contributed by atoms with Gasteiger partial charge in [0.2, 0.25) is 11.8 Å². The summed E-state index contributed by atoms with van der Waals surface area (Å²) in [7, 11) is 3.76. The van der Waals surface area contributed by atoms with Crippen LogP contribution in [0.5, 0.6) is 0 Å². The zero-order valence-corrected chi connectivity index (χ0v) is 13.6. The van der Waals surface area contributed by atoms with Crippen molar-refractivity contribution in [1.29, 1.82) is 0 Å². The number of likely N-dealkylation sites (N-methyl/N-ethyl adjacent to an activating group) is 2. The average Bonchev–Trinajstić information content (AvgIpc) is 3.29. The minimum absolute atomic E-state index is 0.0277. The lowest BCUT2D eigenvalue weighted by atomic mass is 9.94. The molecule has 0 heterocycles. The molecule has 2 aliphatic rings. The molecule has 120 valence electrons. The average molecular weight is 295 g/mol. The highest BCUT2D eigenvalue weighted by molar-refractivity contribution is 5.83. The minimum atomic E-state index is -0.248. The summed E-state index contributed by atoms with van der Waals surface area (Å²) in [4.78, 5) is 28.1. The maximum Gasteiger partial charge on any atom is 0.239 e. The van der Waals surface area contributed by atoms with E-state index in [-0.39, 0.29) is 17.9 Å². The zero-order valence-electron chi connectivity index (χ0n) is 13.6. The van der Waals surface area contributed by atoms with Gasteiger partial charge < -0.3 is 10.2 Å². The normalized spacial score (nSPS) is 21.1. The first kappa shape index (κ1) is 16.3. The van der Waals surface area contributed by atoms with E-state index in [1.165, 1.54) is 19.3 Å². The minimum Gasteiger partial charge on any atom is -0.352 e. The van der Waals surface area contributed by atoms with Gasteiger partial charge in [-0.15, -0.1) is 0 Å². The summed E-state index contributed by atoms with van der Waals surface area (Å²) in [5, 5.41) is 2.97. The molecule has 0 radical (unpaired) electrons. The zero-order chi connectivity index (χ0) is 15.4. The monoisotopic (exact) mass is 295 g/mol. The van der Waals surface area contributed by atoms with Crippen molar-refractivity contribution < 1.29 is 9.59 Å². The van der Waals surface area contributed by atoms with E-state index in [2.05, 4.69) is 5.32 Å². The van der Waals surface area contributed by atoms with Gasteiger partial charge in [0.05, 0.1) is 12.6 Å². The Kier molecular flexibility index (Phi) is 5.62. The summed E-state index contributed by atoms with van der Waals surface area (Å²) in [6.07, 6.45) is 8.13. The Morgan fingerprint density at radius 1 is 1.10 bits per heavy atom. The Labute approximate surface area is 128 Å². The molecule has 1 unspecified atom stereocenters. The van der Waals surface area contributed by atoms with E-state index < -0.39 is 0 Å².